The molecule has 10 aromatic rings. The molecule has 0 N–H and O–H groups in total. The van der Waals surface area contributed by atoms with Crippen molar-refractivity contribution in [3.8, 4) is 50.7 Å². The van der Waals surface area contributed by atoms with Gasteiger partial charge in [-0.2, -0.15) is 12.1 Å². The van der Waals surface area contributed by atoms with Crippen molar-refractivity contribution in [3.05, 3.63) is 224 Å². The number of anilines is 4. The van der Waals surface area contributed by atoms with Crippen LogP contribution in [0, 0.1) is 18.8 Å². The van der Waals surface area contributed by atoms with Crippen molar-refractivity contribution >= 4 is 44.6 Å². The van der Waals surface area contributed by atoms with Gasteiger partial charge in [-0.15, -0.1) is 48.1 Å². The average molecular weight is 1070 g/mol. The summed E-state index contributed by atoms with van der Waals surface area (Å²) in [7, 11) is 0. The van der Waals surface area contributed by atoms with Gasteiger partial charge >= 0.3 is 0 Å². The average Bonchev–Trinajstić information content (AvgIpc) is 4.10. The van der Waals surface area contributed by atoms with Gasteiger partial charge in [0, 0.05) is 72.5 Å². The third-order valence-electron chi connectivity index (χ3n) is 12.2. The summed E-state index contributed by atoms with van der Waals surface area (Å²) < 4.78 is 97.0. The van der Waals surface area contributed by atoms with E-state index in [-0.39, 0.29) is 59.8 Å². The van der Waals surface area contributed by atoms with Crippen LogP contribution in [0.4, 0.5) is 22.7 Å². The van der Waals surface area contributed by atoms with Crippen molar-refractivity contribution < 1.29 is 39.5 Å². The smallest absolute Gasteiger partial charge is 0.135 e. The summed E-state index contributed by atoms with van der Waals surface area (Å²) in [5.41, 5.74) is 7.69. The first-order chi connectivity index (χ1) is 36.6. The molecule has 0 spiro atoms. The number of benzene rings is 8. The first kappa shape index (κ1) is 34.1. The number of nitrogens with zero attached hydrogens (tertiary/aromatic N) is 4. The Morgan fingerprint density at radius 1 is 0.544 bits per heavy atom. The number of rotatable bonds is 8. The maximum atomic E-state index is 9.15. The van der Waals surface area contributed by atoms with Crippen molar-refractivity contribution in [2.75, 3.05) is 9.80 Å². The van der Waals surface area contributed by atoms with Crippen LogP contribution in [0.1, 0.15) is 66.4 Å². The van der Waals surface area contributed by atoms with Crippen molar-refractivity contribution in [1.29, 1.82) is 0 Å². The minimum Gasteiger partial charge on any atom is -0.509 e. The molecule has 338 valence electrons. The zero-order chi connectivity index (χ0) is 54.6. The van der Waals surface area contributed by atoms with Crippen LogP contribution in [-0.4, -0.2) is 9.55 Å². The minimum absolute atomic E-state index is 0. The maximum Gasteiger partial charge on any atom is 0.135 e. The monoisotopic (exact) mass is 1070 g/mol. The van der Waals surface area contributed by atoms with Gasteiger partial charge in [0.25, 0.3) is 0 Å². The molecule has 0 aliphatic carbocycles. The number of fused-ring (bicyclic) bond motifs is 4. The number of para-hydroxylation sites is 1. The molecule has 5 nitrogen and oxygen atoms in total. The van der Waals surface area contributed by atoms with Crippen LogP contribution in [0.25, 0.3) is 61.0 Å². The van der Waals surface area contributed by atoms with E-state index in [0.717, 1.165) is 49.9 Å². The third-order valence-corrected chi connectivity index (χ3v) is 12.2. The second-order valence-electron chi connectivity index (χ2n) is 18.7. The standard InChI is InChI=1S/C62H51N4O.Pt/c1-61(2,3)46-29-33-56-58(37-46)65(60-51(43-20-12-8-13-21-43)26-17-27-52(60)44-22-14-9-15-23-44)41-64(56)48-24-16-25-49(39-48)67-50-30-31-53-54-36-45(42-18-10-7-11-19-42)28-32-55(54)66(57(53)40-50)59-38-47(34-35-63-59)62(4,5)6;/h7-38,41H,1-6H3;/q-3;/i8D,9D,12D,13D,14D,15D,20D,21D,22D,23D;. The Bertz CT molecular complexity index is 3910. The van der Waals surface area contributed by atoms with Crippen LogP contribution in [0.15, 0.2) is 194 Å². The summed E-state index contributed by atoms with van der Waals surface area (Å²) in [5, 5.41) is 2.00. The van der Waals surface area contributed by atoms with Gasteiger partial charge in [0.15, 0.2) is 0 Å². The van der Waals surface area contributed by atoms with Gasteiger partial charge in [-0.1, -0.05) is 174 Å². The molecular weight excluding hydrogens is 1010 g/mol. The first-order valence-corrected chi connectivity index (χ1v) is 22.2. The summed E-state index contributed by atoms with van der Waals surface area (Å²) >= 11 is 0. The predicted molar refractivity (Wildman–Crippen MR) is 278 cm³/mol. The Morgan fingerprint density at radius 3 is 1.90 bits per heavy atom. The molecule has 6 heteroatoms. The van der Waals surface area contributed by atoms with E-state index in [0.29, 0.717) is 28.6 Å². The summed E-state index contributed by atoms with van der Waals surface area (Å²) in [6.07, 6.45) is 1.84. The fourth-order valence-electron chi connectivity index (χ4n) is 8.77. The molecule has 0 radical (unpaired) electrons. The van der Waals surface area contributed by atoms with Crippen molar-refractivity contribution in [3.63, 3.8) is 0 Å². The van der Waals surface area contributed by atoms with E-state index in [1.54, 1.807) is 35.8 Å². The molecule has 3 heterocycles. The van der Waals surface area contributed by atoms with Crippen molar-refractivity contribution in [2.24, 2.45) is 0 Å². The largest absolute Gasteiger partial charge is 0.509 e. The molecule has 1 aliphatic rings. The van der Waals surface area contributed by atoms with Crippen LogP contribution in [0.2, 0.25) is 0 Å². The maximum absolute atomic E-state index is 9.15. The summed E-state index contributed by atoms with van der Waals surface area (Å²) in [6.45, 7) is 14.6. The molecule has 2 aromatic heterocycles. The van der Waals surface area contributed by atoms with Crippen molar-refractivity contribution in [2.45, 2.75) is 52.4 Å². The Balaban J connectivity index is 0.00000688. The quantitative estimate of drug-likeness (QED) is 0.142. The van der Waals surface area contributed by atoms with E-state index in [1.807, 2.05) is 77.8 Å². The summed E-state index contributed by atoms with van der Waals surface area (Å²) in [4.78, 5) is 8.58. The molecular formula is C62H51N4OPt-3. The second kappa shape index (κ2) is 17.8. The van der Waals surface area contributed by atoms with Gasteiger partial charge in [0.05, 0.1) is 13.7 Å². The van der Waals surface area contributed by atoms with E-state index < -0.39 is 60.4 Å². The molecule has 8 aromatic carbocycles. The molecule has 0 fully saturated rings. The van der Waals surface area contributed by atoms with E-state index in [1.165, 1.54) is 0 Å². The SMILES string of the molecule is [2H]c1c([2H])c([2H])c(-c2cccc(-c3c([2H])c([2H])c([2H])c([2H])c3[2H])c2N2[CH-]N(c3[c-]c(Oc4[c-]c5c(cc4)c4cc(-c6ccccc6)ccc4n5-c4cc(C(C)(C)C)ccn4)ccc3)c3ccc(C(C)(C)C)cc32)c([2H])c1[2H].[Pt]. The third kappa shape index (κ3) is 8.30. The van der Waals surface area contributed by atoms with Gasteiger partial charge < -0.3 is 19.1 Å². The van der Waals surface area contributed by atoms with Crippen LogP contribution in [-0.2, 0) is 31.9 Å². The molecule has 0 saturated carbocycles. The zero-order valence-corrected chi connectivity index (χ0v) is 40.6. The molecule has 1 aliphatic heterocycles. The topological polar surface area (TPSA) is 33.5 Å². The first-order valence-electron chi connectivity index (χ1n) is 27.2. The molecule has 0 atom stereocenters. The van der Waals surface area contributed by atoms with E-state index in [9.17, 15) is 0 Å². The number of pyridine rings is 1. The number of hydrogen-bond acceptors (Lipinski definition) is 4. The molecule has 0 unspecified atom stereocenters. The number of ether oxygens (including phenoxy) is 1. The van der Waals surface area contributed by atoms with Crippen LogP contribution >= 0.6 is 0 Å². The van der Waals surface area contributed by atoms with Crippen LogP contribution < -0.4 is 14.5 Å². The zero-order valence-electron chi connectivity index (χ0n) is 48.3. The van der Waals surface area contributed by atoms with Gasteiger partial charge in [0.2, 0.25) is 0 Å². The van der Waals surface area contributed by atoms with Crippen LogP contribution in [0.3, 0.4) is 0 Å². The number of hydrogen-bond donors (Lipinski definition) is 0. The molecule has 0 saturated heterocycles. The summed E-state index contributed by atoms with van der Waals surface area (Å²) in [6, 6.07) is 43.1. The van der Waals surface area contributed by atoms with E-state index in [4.69, 9.17) is 23.4 Å². The Hall–Kier alpha value is -7.20. The second-order valence-corrected chi connectivity index (χ2v) is 18.7. The fourth-order valence-corrected chi connectivity index (χ4v) is 8.77. The van der Waals surface area contributed by atoms with E-state index in [2.05, 4.69) is 94.6 Å². The molecule has 68 heavy (non-hydrogen) atoms. The minimum atomic E-state index is -0.566. The molecule has 11 rings (SSSR count). The van der Waals surface area contributed by atoms with Gasteiger partial charge in [-0.25, -0.2) is 4.98 Å². The van der Waals surface area contributed by atoms with Gasteiger partial charge in [-0.3, -0.25) is 0 Å². The van der Waals surface area contributed by atoms with Crippen molar-refractivity contribution in [1.82, 2.24) is 9.55 Å². The Morgan fingerprint density at radius 2 is 1.21 bits per heavy atom. The molecule has 0 bridgehead atoms. The van der Waals surface area contributed by atoms with Crippen LogP contribution in [0.5, 0.6) is 11.5 Å². The fraction of sp³-hybridized carbons (Fsp3) is 0.129. The van der Waals surface area contributed by atoms with Gasteiger partial charge in [0.1, 0.15) is 5.82 Å². The van der Waals surface area contributed by atoms with E-state index >= 15 is 0 Å². The Labute approximate surface area is 428 Å². The normalized spacial score (nSPS) is 14.7. The number of aromatic nitrogens is 2. The molecule has 0 amide bonds. The Kier molecular flexibility index (Phi) is 8.93. The van der Waals surface area contributed by atoms with Gasteiger partial charge in [-0.05, 0) is 79.9 Å². The summed E-state index contributed by atoms with van der Waals surface area (Å²) in [5.74, 6) is 1.56. The predicted octanol–water partition coefficient (Wildman–Crippen LogP) is 16.6.